The molecule has 0 saturated carbocycles. The standard InChI is InChI=1S/C56H38N2/c1-5-16-38(17-6-1)41-28-29-44-37-57-52-27-14-13-25-48(52)56(49-26-15-24-46(55(49)57)47(44)34-41)50-35-42(39-18-7-2-8-19-39)30-32-53(50)58(45-22-11-4-12-23-45)54-33-31-43(36-51(54)56)40-20-9-3-10-21-40/h1-36H,37H2. The Hall–Kier alpha value is -7.42. The Morgan fingerprint density at radius 2 is 0.828 bits per heavy atom. The predicted octanol–water partition coefficient (Wildman–Crippen LogP) is 14.5. The largest absolute Gasteiger partial charge is 0.336 e. The second-order valence-electron chi connectivity index (χ2n) is 15.7. The zero-order valence-electron chi connectivity index (χ0n) is 31.9. The van der Waals surface area contributed by atoms with Gasteiger partial charge in [0.2, 0.25) is 0 Å². The predicted molar refractivity (Wildman–Crippen MR) is 241 cm³/mol. The Labute approximate surface area is 339 Å². The van der Waals surface area contributed by atoms with Crippen molar-refractivity contribution >= 4 is 28.4 Å². The molecule has 0 amide bonds. The van der Waals surface area contributed by atoms with E-state index in [1.165, 1.54) is 95.1 Å². The van der Waals surface area contributed by atoms with E-state index < -0.39 is 5.41 Å². The molecule has 3 heterocycles. The lowest BCUT2D eigenvalue weighted by Gasteiger charge is -2.52. The van der Waals surface area contributed by atoms with Gasteiger partial charge in [0, 0.05) is 23.5 Å². The van der Waals surface area contributed by atoms with Gasteiger partial charge in [0.25, 0.3) is 0 Å². The Bertz CT molecular complexity index is 2930. The summed E-state index contributed by atoms with van der Waals surface area (Å²) in [4.78, 5) is 5.09. The normalized spacial score (nSPS) is 13.9. The number of hydrogen-bond acceptors (Lipinski definition) is 2. The van der Waals surface area contributed by atoms with Gasteiger partial charge in [0.1, 0.15) is 0 Å². The van der Waals surface area contributed by atoms with E-state index in [0.29, 0.717) is 0 Å². The average molecular weight is 739 g/mol. The van der Waals surface area contributed by atoms with Crippen LogP contribution in [0.5, 0.6) is 0 Å². The van der Waals surface area contributed by atoms with Gasteiger partial charge >= 0.3 is 0 Å². The van der Waals surface area contributed by atoms with E-state index in [1.54, 1.807) is 0 Å². The van der Waals surface area contributed by atoms with E-state index in [9.17, 15) is 0 Å². The van der Waals surface area contributed by atoms with E-state index in [2.05, 4.69) is 228 Å². The van der Waals surface area contributed by atoms with E-state index in [0.717, 1.165) is 12.2 Å². The molecule has 3 aliphatic heterocycles. The van der Waals surface area contributed by atoms with Crippen molar-refractivity contribution in [1.82, 2.24) is 0 Å². The molecule has 0 N–H and O–H groups in total. The van der Waals surface area contributed by atoms with Crippen LogP contribution in [0.25, 0.3) is 44.5 Å². The Kier molecular flexibility index (Phi) is 7.24. The third-order valence-electron chi connectivity index (χ3n) is 12.7. The minimum atomic E-state index is -0.654. The fraction of sp³-hybridized carbons (Fsp3) is 0.0357. The third-order valence-corrected chi connectivity index (χ3v) is 12.7. The zero-order valence-corrected chi connectivity index (χ0v) is 31.9. The van der Waals surface area contributed by atoms with Crippen LogP contribution < -0.4 is 9.80 Å². The first-order valence-electron chi connectivity index (χ1n) is 20.2. The van der Waals surface area contributed by atoms with Gasteiger partial charge in [-0.15, -0.1) is 0 Å². The number of hydrogen-bond donors (Lipinski definition) is 0. The number of para-hydroxylation sites is 3. The quantitative estimate of drug-likeness (QED) is 0.177. The Balaban J connectivity index is 1.23. The summed E-state index contributed by atoms with van der Waals surface area (Å²) in [5.41, 5.74) is 21.8. The highest BCUT2D eigenvalue weighted by atomic mass is 15.2. The smallest absolute Gasteiger partial charge is 0.0783 e. The van der Waals surface area contributed by atoms with Crippen LogP contribution in [0, 0.1) is 0 Å². The molecule has 9 aromatic rings. The molecule has 12 rings (SSSR count). The molecule has 2 nitrogen and oxygen atoms in total. The first-order valence-corrected chi connectivity index (χ1v) is 20.2. The molecule has 0 bridgehead atoms. The van der Waals surface area contributed by atoms with Crippen LogP contribution in [0.15, 0.2) is 218 Å². The summed E-state index contributed by atoms with van der Waals surface area (Å²) < 4.78 is 0. The molecule has 0 saturated heterocycles. The first-order chi connectivity index (χ1) is 28.8. The van der Waals surface area contributed by atoms with Gasteiger partial charge in [-0.3, -0.25) is 0 Å². The van der Waals surface area contributed by atoms with Crippen molar-refractivity contribution in [2.24, 2.45) is 0 Å². The number of rotatable bonds is 4. The maximum absolute atomic E-state index is 2.60. The van der Waals surface area contributed by atoms with Crippen molar-refractivity contribution in [1.29, 1.82) is 0 Å². The molecule has 0 fully saturated rings. The highest BCUT2D eigenvalue weighted by molar-refractivity contribution is 6.01. The lowest BCUT2D eigenvalue weighted by Crippen LogP contribution is -2.43. The highest BCUT2D eigenvalue weighted by Crippen LogP contribution is 2.65. The molecule has 2 heteroatoms. The summed E-state index contributed by atoms with van der Waals surface area (Å²) in [6, 6.07) is 81.1. The highest BCUT2D eigenvalue weighted by Gasteiger charge is 2.53. The maximum Gasteiger partial charge on any atom is 0.0783 e. The van der Waals surface area contributed by atoms with Crippen LogP contribution in [0.4, 0.5) is 28.4 Å². The molecule has 58 heavy (non-hydrogen) atoms. The van der Waals surface area contributed by atoms with Crippen molar-refractivity contribution in [3.8, 4) is 44.5 Å². The minimum Gasteiger partial charge on any atom is -0.336 e. The molecule has 1 spiro atoms. The second-order valence-corrected chi connectivity index (χ2v) is 15.7. The molecule has 3 aliphatic rings. The van der Waals surface area contributed by atoms with Gasteiger partial charge in [0.05, 0.1) is 22.5 Å². The number of nitrogens with zero attached hydrogens (tertiary/aromatic N) is 2. The Morgan fingerprint density at radius 3 is 1.43 bits per heavy atom. The summed E-state index contributed by atoms with van der Waals surface area (Å²) >= 11 is 0. The molecule has 0 aliphatic carbocycles. The fourth-order valence-electron chi connectivity index (χ4n) is 10.1. The van der Waals surface area contributed by atoms with Crippen LogP contribution in [0.3, 0.4) is 0 Å². The summed E-state index contributed by atoms with van der Waals surface area (Å²) in [6.45, 7) is 0.797. The molecule has 0 atom stereocenters. The fourth-order valence-corrected chi connectivity index (χ4v) is 10.1. The molecular weight excluding hydrogens is 701 g/mol. The molecule has 0 aromatic heterocycles. The summed E-state index contributed by atoms with van der Waals surface area (Å²) in [7, 11) is 0. The van der Waals surface area contributed by atoms with E-state index >= 15 is 0 Å². The molecule has 0 radical (unpaired) electrons. The van der Waals surface area contributed by atoms with Gasteiger partial charge in [-0.2, -0.15) is 0 Å². The van der Waals surface area contributed by atoms with Crippen molar-refractivity contribution in [2.75, 3.05) is 9.80 Å². The van der Waals surface area contributed by atoms with Crippen molar-refractivity contribution in [3.05, 3.63) is 246 Å². The van der Waals surface area contributed by atoms with E-state index in [1.807, 2.05) is 0 Å². The maximum atomic E-state index is 2.60. The summed E-state index contributed by atoms with van der Waals surface area (Å²) in [5, 5.41) is 0. The van der Waals surface area contributed by atoms with Crippen molar-refractivity contribution in [2.45, 2.75) is 12.0 Å². The number of anilines is 5. The third kappa shape index (κ3) is 4.72. The summed E-state index contributed by atoms with van der Waals surface area (Å²) in [6.07, 6.45) is 0. The van der Waals surface area contributed by atoms with Gasteiger partial charge in [0.15, 0.2) is 0 Å². The van der Waals surface area contributed by atoms with Gasteiger partial charge in [-0.05, 0) is 115 Å². The first kappa shape index (κ1) is 32.8. The van der Waals surface area contributed by atoms with Gasteiger partial charge < -0.3 is 9.80 Å². The molecule has 0 unspecified atom stereocenters. The van der Waals surface area contributed by atoms with E-state index in [-0.39, 0.29) is 0 Å². The lowest BCUT2D eigenvalue weighted by atomic mass is 9.59. The van der Waals surface area contributed by atoms with E-state index in [4.69, 9.17) is 0 Å². The Morgan fingerprint density at radius 1 is 0.328 bits per heavy atom. The van der Waals surface area contributed by atoms with Gasteiger partial charge in [-0.1, -0.05) is 170 Å². The lowest BCUT2D eigenvalue weighted by molar-refractivity contribution is 0.704. The average Bonchev–Trinajstić information content (AvgIpc) is 3.31. The molecular formula is C56H38N2. The SMILES string of the molecule is c1ccc(-c2ccc3c(c2)-c2cccc4c2N(C3)c2ccccc2C42c3cc(-c4ccccc4)ccc3N(c3ccccc3)c3ccc(-c4ccccc4)cc32)cc1. The minimum absolute atomic E-state index is 0.654. The zero-order chi connectivity index (χ0) is 38.2. The topological polar surface area (TPSA) is 6.48 Å². The van der Waals surface area contributed by atoms with Crippen LogP contribution in [-0.4, -0.2) is 0 Å². The van der Waals surface area contributed by atoms with Crippen LogP contribution >= 0.6 is 0 Å². The van der Waals surface area contributed by atoms with Gasteiger partial charge in [-0.25, -0.2) is 0 Å². The second kappa shape index (κ2) is 12.8. The van der Waals surface area contributed by atoms with Crippen LogP contribution in [-0.2, 0) is 12.0 Å². The molecule has 272 valence electrons. The monoisotopic (exact) mass is 738 g/mol. The number of fused-ring (bicyclic) bond motifs is 10. The van der Waals surface area contributed by atoms with Crippen LogP contribution in [0.1, 0.15) is 27.8 Å². The molecule has 9 aromatic carbocycles. The van der Waals surface area contributed by atoms with Crippen LogP contribution in [0.2, 0.25) is 0 Å². The van der Waals surface area contributed by atoms with Crippen molar-refractivity contribution < 1.29 is 0 Å². The van der Waals surface area contributed by atoms with Crippen molar-refractivity contribution in [3.63, 3.8) is 0 Å². The summed E-state index contributed by atoms with van der Waals surface area (Å²) in [5.74, 6) is 0. The number of benzene rings is 9.